The van der Waals surface area contributed by atoms with Gasteiger partial charge in [0.1, 0.15) is 5.75 Å². The van der Waals surface area contributed by atoms with E-state index >= 15 is 0 Å². The number of carbonyl (C=O) groups excluding carboxylic acids is 1. The van der Waals surface area contributed by atoms with Crippen molar-refractivity contribution in [1.29, 1.82) is 0 Å². The Morgan fingerprint density at radius 2 is 1.54 bits per heavy atom. The fraction of sp³-hybridized carbons (Fsp3) is 0.310. The van der Waals surface area contributed by atoms with Crippen molar-refractivity contribution in [3.05, 3.63) is 70.8 Å². The van der Waals surface area contributed by atoms with E-state index in [0.29, 0.717) is 13.0 Å². The van der Waals surface area contributed by atoms with E-state index in [1.165, 1.54) is 11.1 Å². The van der Waals surface area contributed by atoms with Crippen molar-refractivity contribution >= 4 is 39.3 Å². The highest BCUT2D eigenvalue weighted by atomic mass is 16.5. The lowest BCUT2D eigenvalue weighted by Gasteiger charge is -2.17. The van der Waals surface area contributed by atoms with E-state index in [1.807, 2.05) is 26.8 Å². The molecule has 0 aliphatic rings. The van der Waals surface area contributed by atoms with Crippen LogP contribution in [0.2, 0.25) is 0 Å². The molecule has 6 heteroatoms. The lowest BCUT2D eigenvalue weighted by molar-refractivity contribution is 0.145. The number of methoxy groups -OCH3 is 1. The Hall–Kier alpha value is -3.80. The molecule has 0 saturated carbocycles. The van der Waals surface area contributed by atoms with E-state index in [1.54, 1.807) is 7.11 Å². The van der Waals surface area contributed by atoms with Gasteiger partial charge in [-0.3, -0.25) is 0 Å². The van der Waals surface area contributed by atoms with Crippen LogP contribution in [0.15, 0.2) is 48.5 Å². The van der Waals surface area contributed by atoms with Gasteiger partial charge in [-0.1, -0.05) is 12.1 Å². The van der Waals surface area contributed by atoms with Crippen molar-refractivity contribution in [2.75, 3.05) is 19.0 Å². The van der Waals surface area contributed by atoms with E-state index in [4.69, 9.17) is 14.5 Å². The third kappa shape index (κ3) is 5.48. The van der Waals surface area contributed by atoms with Crippen LogP contribution in [0, 0.1) is 20.8 Å². The molecule has 2 N–H and O–H groups in total. The smallest absolute Gasteiger partial charge is 0.407 e. The monoisotopic (exact) mass is 471 g/mol. The number of hydrogen-bond donors (Lipinski definition) is 2. The summed E-state index contributed by atoms with van der Waals surface area (Å²) < 4.78 is 10.8. The molecule has 0 bridgehead atoms. The number of carbonyl (C=O) groups is 1. The molecule has 0 aliphatic carbocycles. The molecule has 1 heterocycles. The molecular formula is C29H33N3O3. The van der Waals surface area contributed by atoms with Gasteiger partial charge < -0.3 is 20.1 Å². The van der Waals surface area contributed by atoms with Crippen molar-refractivity contribution in [3.63, 3.8) is 0 Å². The standard InChI is InChI=1S/C29H33N3O3/c1-17(2)30-29(33)35-12-11-21-7-9-22(10-8-21)31-28-23-13-18(3)19(4)15-25(23)32-26-16-27(34-6)20(5)14-24(26)28/h7-10,13-17H,11-12H2,1-6H3,(H,30,33)(H,31,32). The van der Waals surface area contributed by atoms with Gasteiger partial charge in [-0.05, 0) is 87.2 Å². The van der Waals surface area contributed by atoms with Crippen LogP contribution in [-0.2, 0) is 11.2 Å². The van der Waals surface area contributed by atoms with E-state index in [9.17, 15) is 4.79 Å². The second kappa shape index (κ2) is 10.2. The molecule has 0 aliphatic heterocycles. The van der Waals surface area contributed by atoms with Crippen LogP contribution in [0.5, 0.6) is 5.75 Å². The quantitative estimate of drug-likeness (QED) is 0.292. The summed E-state index contributed by atoms with van der Waals surface area (Å²) in [5.41, 5.74) is 8.44. The van der Waals surface area contributed by atoms with Crippen molar-refractivity contribution in [1.82, 2.24) is 10.3 Å². The van der Waals surface area contributed by atoms with Gasteiger partial charge in [-0.25, -0.2) is 9.78 Å². The number of ether oxygens (including phenoxy) is 2. The molecule has 1 aromatic heterocycles. The lowest BCUT2D eigenvalue weighted by atomic mass is 10.0. The number of nitrogens with one attached hydrogen (secondary N) is 2. The topological polar surface area (TPSA) is 72.5 Å². The number of nitrogens with zero attached hydrogens (tertiary/aromatic N) is 1. The fourth-order valence-corrected chi connectivity index (χ4v) is 4.13. The van der Waals surface area contributed by atoms with Crippen LogP contribution in [0.1, 0.15) is 36.1 Å². The Balaban J connectivity index is 1.64. The SMILES string of the molecule is COc1cc2nc3cc(C)c(C)cc3c(Nc3ccc(CCOC(=O)NC(C)C)cc3)c2cc1C. The maximum Gasteiger partial charge on any atom is 0.407 e. The molecule has 1 amide bonds. The third-order valence-electron chi connectivity index (χ3n) is 6.16. The predicted molar refractivity (Wildman–Crippen MR) is 143 cm³/mol. The Bertz CT molecular complexity index is 1380. The van der Waals surface area contributed by atoms with Gasteiger partial charge in [0.2, 0.25) is 0 Å². The molecule has 4 aromatic rings. The molecule has 0 unspecified atom stereocenters. The van der Waals surface area contributed by atoms with E-state index in [-0.39, 0.29) is 12.1 Å². The first-order valence-electron chi connectivity index (χ1n) is 11.9. The Morgan fingerprint density at radius 3 is 2.20 bits per heavy atom. The number of benzene rings is 3. The number of aromatic nitrogens is 1. The maximum atomic E-state index is 11.7. The summed E-state index contributed by atoms with van der Waals surface area (Å²) in [7, 11) is 1.69. The van der Waals surface area contributed by atoms with Crippen molar-refractivity contribution < 1.29 is 14.3 Å². The number of fused-ring (bicyclic) bond motifs is 2. The molecule has 3 aromatic carbocycles. The number of aryl methyl sites for hydroxylation is 3. The molecule has 0 atom stereocenters. The summed E-state index contributed by atoms with van der Waals surface area (Å²) in [5, 5.41) is 8.51. The molecule has 0 fully saturated rings. The zero-order valence-corrected chi connectivity index (χ0v) is 21.3. The second-order valence-corrected chi connectivity index (χ2v) is 9.29. The van der Waals surface area contributed by atoms with Gasteiger partial charge in [0, 0.05) is 35.0 Å². The zero-order valence-electron chi connectivity index (χ0n) is 21.3. The van der Waals surface area contributed by atoms with Gasteiger partial charge in [0.25, 0.3) is 0 Å². The van der Waals surface area contributed by atoms with Gasteiger partial charge >= 0.3 is 6.09 Å². The van der Waals surface area contributed by atoms with Gasteiger partial charge in [0.05, 0.1) is 30.4 Å². The largest absolute Gasteiger partial charge is 0.496 e. The van der Waals surface area contributed by atoms with E-state index in [2.05, 4.69) is 66.9 Å². The second-order valence-electron chi connectivity index (χ2n) is 9.29. The van der Waals surface area contributed by atoms with Crippen LogP contribution in [-0.4, -0.2) is 30.8 Å². The van der Waals surface area contributed by atoms with Crippen LogP contribution in [0.3, 0.4) is 0 Å². The van der Waals surface area contributed by atoms with Crippen LogP contribution in [0.25, 0.3) is 21.8 Å². The van der Waals surface area contributed by atoms with Crippen molar-refractivity contribution in [2.45, 2.75) is 47.1 Å². The fourth-order valence-electron chi connectivity index (χ4n) is 4.13. The molecule has 182 valence electrons. The van der Waals surface area contributed by atoms with E-state index in [0.717, 1.165) is 50.1 Å². The van der Waals surface area contributed by atoms with Crippen LogP contribution in [0.4, 0.5) is 16.2 Å². The predicted octanol–water partition coefficient (Wildman–Crippen LogP) is 6.74. The highest BCUT2D eigenvalue weighted by Gasteiger charge is 2.14. The van der Waals surface area contributed by atoms with Crippen LogP contribution < -0.4 is 15.4 Å². The van der Waals surface area contributed by atoms with Crippen molar-refractivity contribution in [2.24, 2.45) is 0 Å². The molecular weight excluding hydrogens is 438 g/mol. The van der Waals surface area contributed by atoms with Gasteiger partial charge in [0.15, 0.2) is 0 Å². The number of hydrogen-bond acceptors (Lipinski definition) is 5. The highest BCUT2D eigenvalue weighted by molar-refractivity contribution is 6.09. The molecule has 0 spiro atoms. The molecule has 6 nitrogen and oxygen atoms in total. The minimum atomic E-state index is -0.382. The third-order valence-corrected chi connectivity index (χ3v) is 6.16. The minimum absolute atomic E-state index is 0.0609. The summed E-state index contributed by atoms with van der Waals surface area (Å²) in [6.45, 7) is 10.4. The van der Waals surface area contributed by atoms with E-state index < -0.39 is 0 Å². The summed E-state index contributed by atoms with van der Waals surface area (Å²) in [6, 6.07) is 16.8. The van der Waals surface area contributed by atoms with Gasteiger partial charge in [-0.2, -0.15) is 0 Å². The first kappa shape index (κ1) is 24.3. The molecule has 35 heavy (non-hydrogen) atoms. The van der Waals surface area contributed by atoms with Crippen LogP contribution >= 0.6 is 0 Å². The average Bonchev–Trinajstić information content (AvgIpc) is 2.81. The Kier molecular flexibility index (Phi) is 7.10. The highest BCUT2D eigenvalue weighted by Crippen LogP contribution is 2.37. The number of anilines is 2. The van der Waals surface area contributed by atoms with Crippen molar-refractivity contribution in [3.8, 4) is 5.75 Å². The first-order valence-corrected chi connectivity index (χ1v) is 11.9. The summed E-state index contributed by atoms with van der Waals surface area (Å²) in [5.74, 6) is 0.827. The summed E-state index contributed by atoms with van der Waals surface area (Å²) in [6.07, 6.45) is 0.275. The maximum absolute atomic E-state index is 11.7. The molecule has 4 rings (SSSR count). The van der Waals surface area contributed by atoms with Gasteiger partial charge in [-0.15, -0.1) is 0 Å². The average molecular weight is 472 g/mol. The number of pyridine rings is 1. The summed E-state index contributed by atoms with van der Waals surface area (Å²) >= 11 is 0. The summed E-state index contributed by atoms with van der Waals surface area (Å²) in [4.78, 5) is 16.6. The number of alkyl carbamates (subject to hydrolysis) is 1. The normalized spacial score (nSPS) is 11.2. The number of amides is 1. The molecule has 0 radical (unpaired) electrons. The molecule has 0 saturated heterocycles. The minimum Gasteiger partial charge on any atom is -0.496 e. The number of rotatable bonds is 7. The lowest BCUT2D eigenvalue weighted by Crippen LogP contribution is -2.31. The first-order chi connectivity index (χ1) is 16.7. The Labute approximate surface area is 206 Å². The zero-order chi connectivity index (χ0) is 25.1. The Morgan fingerprint density at radius 1 is 0.914 bits per heavy atom.